The van der Waals surface area contributed by atoms with Crippen LogP contribution < -0.4 is 14.3 Å². The van der Waals surface area contributed by atoms with Crippen molar-refractivity contribution >= 4 is 0 Å². The second-order valence-electron chi connectivity index (χ2n) is 2.22. The molecule has 1 aromatic rings. The van der Waals surface area contributed by atoms with E-state index in [1.165, 1.54) is 0 Å². The van der Waals surface area contributed by atoms with Crippen LogP contribution in [0.25, 0.3) is 0 Å². The summed E-state index contributed by atoms with van der Waals surface area (Å²) in [7, 11) is 3.27. The highest BCUT2D eigenvalue weighted by molar-refractivity contribution is 5.18. The predicted octanol–water partition coefficient (Wildman–Crippen LogP) is 0.350. The molecule has 0 unspecified atom stereocenters. The summed E-state index contributed by atoms with van der Waals surface area (Å²) >= 11 is 0. The Balaban J connectivity index is 2.99. The number of hydrogen-bond donors (Lipinski definition) is 0. The SMILES string of the molecule is COc1cc[n+](OC)c(C)c1. The zero-order valence-corrected chi connectivity index (χ0v) is 7.00. The highest BCUT2D eigenvalue weighted by atomic mass is 16.6. The van der Waals surface area contributed by atoms with Crippen LogP contribution in [0.2, 0.25) is 0 Å². The Morgan fingerprint density at radius 2 is 2.09 bits per heavy atom. The van der Waals surface area contributed by atoms with Gasteiger partial charge < -0.3 is 4.74 Å². The molecule has 0 aliphatic heterocycles. The van der Waals surface area contributed by atoms with E-state index in [1.807, 2.05) is 25.3 Å². The molecule has 0 atom stereocenters. The maximum atomic E-state index is 5.03. The van der Waals surface area contributed by atoms with Gasteiger partial charge in [0.25, 0.3) is 0 Å². The molecule has 1 aromatic heterocycles. The average molecular weight is 154 g/mol. The minimum absolute atomic E-state index is 0.843. The molecular formula is C8H12NO2+. The van der Waals surface area contributed by atoms with E-state index in [2.05, 4.69) is 0 Å². The van der Waals surface area contributed by atoms with Crippen molar-refractivity contribution in [1.29, 1.82) is 0 Å². The number of pyridine rings is 1. The number of rotatable bonds is 2. The first-order valence-electron chi connectivity index (χ1n) is 3.38. The zero-order valence-electron chi connectivity index (χ0n) is 7.00. The van der Waals surface area contributed by atoms with Gasteiger partial charge in [0.05, 0.1) is 13.2 Å². The third-order valence-corrected chi connectivity index (χ3v) is 1.51. The van der Waals surface area contributed by atoms with Crippen molar-refractivity contribution in [3.63, 3.8) is 0 Å². The monoisotopic (exact) mass is 154 g/mol. The number of aryl methyl sites for hydroxylation is 1. The Bertz CT molecular complexity index is 248. The van der Waals surface area contributed by atoms with E-state index in [0.717, 1.165) is 11.4 Å². The molecule has 0 fully saturated rings. The molecule has 0 aromatic carbocycles. The molecule has 0 saturated heterocycles. The van der Waals surface area contributed by atoms with Gasteiger partial charge in [0, 0.05) is 17.7 Å². The van der Waals surface area contributed by atoms with Gasteiger partial charge in [-0.2, -0.15) is 0 Å². The van der Waals surface area contributed by atoms with Crippen LogP contribution in [0.3, 0.4) is 0 Å². The van der Waals surface area contributed by atoms with Crippen LogP contribution in [0, 0.1) is 6.92 Å². The molecule has 1 rings (SSSR count). The molecule has 0 saturated carbocycles. The molecule has 1 heterocycles. The highest BCUT2D eigenvalue weighted by Gasteiger charge is 2.06. The Morgan fingerprint density at radius 1 is 1.36 bits per heavy atom. The largest absolute Gasteiger partial charge is 0.496 e. The fraction of sp³-hybridized carbons (Fsp3) is 0.375. The Morgan fingerprint density at radius 3 is 2.55 bits per heavy atom. The molecule has 0 amide bonds. The van der Waals surface area contributed by atoms with Crippen molar-refractivity contribution in [2.75, 3.05) is 14.2 Å². The molecule has 60 valence electrons. The van der Waals surface area contributed by atoms with E-state index in [4.69, 9.17) is 9.57 Å². The lowest BCUT2D eigenvalue weighted by molar-refractivity contribution is -0.889. The quantitative estimate of drug-likeness (QED) is 0.573. The van der Waals surface area contributed by atoms with Crippen LogP contribution in [-0.4, -0.2) is 14.2 Å². The smallest absolute Gasteiger partial charge is 0.234 e. The van der Waals surface area contributed by atoms with Gasteiger partial charge in [-0.25, -0.2) is 0 Å². The summed E-state index contributed by atoms with van der Waals surface area (Å²) in [5.41, 5.74) is 1.01. The van der Waals surface area contributed by atoms with Crippen LogP contribution >= 0.6 is 0 Å². The Labute approximate surface area is 66.1 Å². The molecule has 0 bridgehead atoms. The molecule has 11 heavy (non-hydrogen) atoms. The first-order chi connectivity index (χ1) is 5.27. The topological polar surface area (TPSA) is 22.3 Å². The lowest BCUT2D eigenvalue weighted by Gasteiger charge is -1.98. The van der Waals surface area contributed by atoms with Crippen molar-refractivity contribution in [2.24, 2.45) is 0 Å². The Kier molecular flexibility index (Phi) is 2.31. The molecular weight excluding hydrogens is 142 g/mol. The van der Waals surface area contributed by atoms with Gasteiger partial charge in [0.1, 0.15) is 12.9 Å². The average Bonchev–Trinajstić information content (AvgIpc) is 2.04. The number of methoxy groups -OCH3 is 1. The Hall–Kier alpha value is -1.25. The van der Waals surface area contributed by atoms with Crippen molar-refractivity contribution in [3.8, 4) is 5.75 Å². The zero-order chi connectivity index (χ0) is 8.27. The second kappa shape index (κ2) is 3.23. The minimum atomic E-state index is 0.843. The normalized spacial score (nSPS) is 9.36. The lowest BCUT2D eigenvalue weighted by atomic mass is 10.3. The van der Waals surface area contributed by atoms with Gasteiger partial charge in [-0.1, -0.05) is 0 Å². The van der Waals surface area contributed by atoms with E-state index < -0.39 is 0 Å². The lowest BCUT2D eigenvalue weighted by Crippen LogP contribution is -2.42. The fourth-order valence-corrected chi connectivity index (χ4v) is 0.908. The molecule has 3 heteroatoms. The molecule has 0 aliphatic carbocycles. The third-order valence-electron chi connectivity index (χ3n) is 1.51. The number of hydrogen-bond acceptors (Lipinski definition) is 2. The van der Waals surface area contributed by atoms with Gasteiger partial charge in [-0.15, -0.1) is 0 Å². The summed E-state index contributed by atoms with van der Waals surface area (Å²) in [6.45, 7) is 1.95. The highest BCUT2D eigenvalue weighted by Crippen LogP contribution is 2.06. The standard InChI is InChI=1S/C8H12NO2/c1-7-6-8(10-2)4-5-9(7)11-3/h4-6H,1-3H3/q+1. The van der Waals surface area contributed by atoms with Crippen LogP contribution in [0.15, 0.2) is 18.3 Å². The maximum Gasteiger partial charge on any atom is 0.234 e. The number of ether oxygens (including phenoxy) is 1. The summed E-state index contributed by atoms with van der Waals surface area (Å²) in [5.74, 6) is 0.843. The van der Waals surface area contributed by atoms with Crippen molar-refractivity contribution in [3.05, 3.63) is 24.0 Å². The van der Waals surface area contributed by atoms with Crippen molar-refractivity contribution in [1.82, 2.24) is 0 Å². The first-order valence-corrected chi connectivity index (χ1v) is 3.38. The number of nitrogens with zero attached hydrogens (tertiary/aromatic N) is 1. The molecule has 0 N–H and O–H groups in total. The fourth-order valence-electron chi connectivity index (χ4n) is 0.908. The summed E-state index contributed by atoms with van der Waals surface area (Å²) in [6, 6.07) is 3.75. The van der Waals surface area contributed by atoms with E-state index in [1.54, 1.807) is 19.0 Å². The van der Waals surface area contributed by atoms with Crippen LogP contribution in [0.4, 0.5) is 0 Å². The van der Waals surface area contributed by atoms with Gasteiger partial charge in [-0.3, -0.25) is 4.84 Å². The first kappa shape index (κ1) is 7.85. The van der Waals surface area contributed by atoms with Crippen molar-refractivity contribution in [2.45, 2.75) is 6.92 Å². The van der Waals surface area contributed by atoms with Gasteiger partial charge >= 0.3 is 0 Å². The van der Waals surface area contributed by atoms with Crippen molar-refractivity contribution < 1.29 is 14.3 Å². The summed E-state index contributed by atoms with van der Waals surface area (Å²) in [4.78, 5) is 5.01. The predicted molar refractivity (Wildman–Crippen MR) is 40.4 cm³/mol. The summed E-state index contributed by atoms with van der Waals surface area (Å²) in [5, 5.41) is 0. The van der Waals surface area contributed by atoms with Gasteiger partial charge in [0.15, 0.2) is 0 Å². The van der Waals surface area contributed by atoms with E-state index >= 15 is 0 Å². The van der Waals surface area contributed by atoms with Crippen LogP contribution in [0.5, 0.6) is 5.75 Å². The van der Waals surface area contributed by atoms with E-state index in [9.17, 15) is 0 Å². The summed E-state index contributed by atoms with van der Waals surface area (Å²) < 4.78 is 6.69. The van der Waals surface area contributed by atoms with E-state index in [-0.39, 0.29) is 0 Å². The number of aromatic nitrogens is 1. The second-order valence-corrected chi connectivity index (χ2v) is 2.22. The molecule has 0 spiro atoms. The maximum absolute atomic E-state index is 5.03. The summed E-state index contributed by atoms with van der Waals surface area (Å²) in [6.07, 6.45) is 1.81. The third kappa shape index (κ3) is 1.61. The molecule has 0 aliphatic rings. The van der Waals surface area contributed by atoms with Crippen LogP contribution in [0.1, 0.15) is 5.69 Å². The minimum Gasteiger partial charge on any atom is -0.496 e. The van der Waals surface area contributed by atoms with Crippen LogP contribution in [-0.2, 0) is 0 Å². The van der Waals surface area contributed by atoms with Gasteiger partial charge in [0.2, 0.25) is 11.9 Å². The van der Waals surface area contributed by atoms with E-state index in [0.29, 0.717) is 0 Å². The van der Waals surface area contributed by atoms with Gasteiger partial charge in [-0.05, 0) is 0 Å². The molecule has 0 radical (unpaired) electrons. The molecule has 3 nitrogen and oxygen atoms in total.